The van der Waals surface area contributed by atoms with Crippen LogP contribution in [-0.4, -0.2) is 16.7 Å². The summed E-state index contributed by atoms with van der Waals surface area (Å²) in [5.41, 5.74) is 5.25. The molecule has 1 aliphatic carbocycles. The van der Waals surface area contributed by atoms with Crippen LogP contribution in [0.15, 0.2) is 4.42 Å². The van der Waals surface area contributed by atoms with E-state index in [-0.39, 0.29) is 6.01 Å². The van der Waals surface area contributed by atoms with Gasteiger partial charge in [-0.05, 0) is 18.8 Å². The Hall–Kier alpha value is -1.26. The van der Waals surface area contributed by atoms with Crippen molar-refractivity contribution in [3.05, 3.63) is 0 Å². The van der Waals surface area contributed by atoms with Crippen molar-refractivity contribution in [3.8, 4) is 0 Å². The van der Waals surface area contributed by atoms with Crippen molar-refractivity contribution in [1.82, 2.24) is 10.2 Å². The highest BCUT2D eigenvalue weighted by Crippen LogP contribution is 2.26. The number of aromatic nitrogens is 2. The summed E-state index contributed by atoms with van der Waals surface area (Å²) in [7, 11) is 0. The molecule has 0 unspecified atom stereocenters. The molecule has 5 nitrogen and oxygen atoms in total. The van der Waals surface area contributed by atoms with Crippen molar-refractivity contribution in [2.45, 2.75) is 19.3 Å². The normalized spacial score (nSPS) is 17.3. The van der Waals surface area contributed by atoms with Crippen LogP contribution < -0.4 is 11.1 Å². The van der Waals surface area contributed by atoms with Gasteiger partial charge in [-0.3, -0.25) is 0 Å². The summed E-state index contributed by atoms with van der Waals surface area (Å²) in [5.74, 6) is 0.776. The van der Waals surface area contributed by atoms with Gasteiger partial charge in [-0.15, -0.1) is 0 Å². The third-order valence-electron chi connectivity index (χ3n) is 2.21. The van der Waals surface area contributed by atoms with E-state index in [0.717, 1.165) is 12.5 Å². The summed E-state index contributed by atoms with van der Waals surface area (Å²) >= 11 is 0. The highest BCUT2D eigenvalue weighted by molar-refractivity contribution is 5.22. The van der Waals surface area contributed by atoms with E-state index in [1.54, 1.807) is 0 Å². The number of nitrogens with zero attached hydrogens (tertiary/aromatic N) is 2. The van der Waals surface area contributed by atoms with Crippen molar-refractivity contribution >= 4 is 12.0 Å². The van der Waals surface area contributed by atoms with Crippen LogP contribution in [0.25, 0.3) is 0 Å². The molecule has 5 heteroatoms. The summed E-state index contributed by atoms with van der Waals surface area (Å²) in [6.45, 7) is 0.918. The van der Waals surface area contributed by atoms with Gasteiger partial charge >= 0.3 is 12.0 Å². The summed E-state index contributed by atoms with van der Waals surface area (Å²) in [4.78, 5) is 0. The van der Waals surface area contributed by atoms with Gasteiger partial charge in [0.15, 0.2) is 0 Å². The molecule has 0 aromatic carbocycles. The molecule has 1 saturated carbocycles. The van der Waals surface area contributed by atoms with Gasteiger partial charge in [-0.25, -0.2) is 0 Å². The highest BCUT2D eigenvalue weighted by atomic mass is 16.4. The van der Waals surface area contributed by atoms with Gasteiger partial charge in [0.2, 0.25) is 0 Å². The van der Waals surface area contributed by atoms with Crippen LogP contribution >= 0.6 is 0 Å². The quantitative estimate of drug-likeness (QED) is 0.700. The van der Waals surface area contributed by atoms with Crippen molar-refractivity contribution in [2.24, 2.45) is 5.92 Å². The second-order valence-electron chi connectivity index (χ2n) is 3.12. The third kappa shape index (κ3) is 1.49. The van der Waals surface area contributed by atoms with Gasteiger partial charge in [-0.1, -0.05) is 16.6 Å². The SMILES string of the molecule is Nc1nnc(NCC2CCC2)o1. The van der Waals surface area contributed by atoms with Crippen LogP contribution in [0.5, 0.6) is 0 Å². The van der Waals surface area contributed by atoms with Crippen LogP contribution in [0.1, 0.15) is 19.3 Å². The highest BCUT2D eigenvalue weighted by Gasteiger charge is 2.17. The first-order valence-electron chi connectivity index (χ1n) is 4.17. The number of hydrogen-bond acceptors (Lipinski definition) is 5. The predicted molar refractivity (Wildman–Crippen MR) is 44.5 cm³/mol. The maximum atomic E-state index is 5.25. The molecule has 12 heavy (non-hydrogen) atoms. The topological polar surface area (TPSA) is 77.0 Å². The van der Waals surface area contributed by atoms with Gasteiger partial charge in [0.05, 0.1) is 0 Å². The van der Waals surface area contributed by atoms with Crippen molar-refractivity contribution in [2.75, 3.05) is 17.6 Å². The lowest BCUT2D eigenvalue weighted by Crippen LogP contribution is -2.20. The molecule has 0 spiro atoms. The van der Waals surface area contributed by atoms with Crippen molar-refractivity contribution in [1.29, 1.82) is 0 Å². The molecule has 0 aliphatic heterocycles. The Morgan fingerprint density at radius 3 is 2.83 bits per heavy atom. The minimum absolute atomic E-state index is 0.117. The number of nitrogens with one attached hydrogen (secondary N) is 1. The smallest absolute Gasteiger partial charge is 0.316 e. The largest absolute Gasteiger partial charge is 0.390 e. The number of anilines is 2. The summed E-state index contributed by atoms with van der Waals surface area (Å²) in [6, 6.07) is 0.547. The predicted octanol–water partition coefficient (Wildman–Crippen LogP) is 0.864. The van der Waals surface area contributed by atoms with Crippen LogP contribution in [0.4, 0.5) is 12.0 Å². The monoisotopic (exact) mass is 168 g/mol. The summed E-state index contributed by atoms with van der Waals surface area (Å²) < 4.78 is 4.95. The lowest BCUT2D eigenvalue weighted by atomic mass is 9.85. The molecule has 3 N–H and O–H groups in total. The van der Waals surface area contributed by atoms with Crippen LogP contribution in [0.2, 0.25) is 0 Å². The fourth-order valence-electron chi connectivity index (χ4n) is 1.23. The Labute approximate surface area is 70.3 Å². The molecule has 2 rings (SSSR count). The molecule has 1 heterocycles. The zero-order valence-corrected chi connectivity index (χ0v) is 6.79. The number of nitrogens with two attached hydrogens (primary N) is 1. The molecule has 1 aromatic heterocycles. The molecular formula is C7H12N4O. The average Bonchev–Trinajstić information content (AvgIpc) is 2.32. The zero-order chi connectivity index (χ0) is 8.39. The van der Waals surface area contributed by atoms with E-state index in [0.29, 0.717) is 6.01 Å². The number of nitrogen functional groups attached to an aromatic ring is 1. The molecule has 1 fully saturated rings. The first kappa shape index (κ1) is 7.39. The van der Waals surface area contributed by atoms with Gasteiger partial charge in [-0.2, -0.15) is 0 Å². The molecular weight excluding hydrogens is 156 g/mol. The Morgan fingerprint density at radius 1 is 1.50 bits per heavy atom. The fourth-order valence-corrected chi connectivity index (χ4v) is 1.23. The third-order valence-corrected chi connectivity index (χ3v) is 2.21. The lowest BCUT2D eigenvalue weighted by Gasteiger charge is -2.24. The van der Waals surface area contributed by atoms with Gasteiger partial charge in [0, 0.05) is 6.54 Å². The van der Waals surface area contributed by atoms with Crippen LogP contribution in [0, 0.1) is 5.92 Å². The minimum Gasteiger partial charge on any atom is -0.390 e. The molecule has 0 bridgehead atoms. The molecule has 0 amide bonds. The van der Waals surface area contributed by atoms with Crippen LogP contribution in [0.3, 0.4) is 0 Å². The minimum atomic E-state index is 0.117. The van der Waals surface area contributed by atoms with E-state index >= 15 is 0 Å². The first-order valence-corrected chi connectivity index (χ1v) is 4.17. The standard InChI is InChI=1S/C7H12N4O/c8-6-10-11-7(12-6)9-4-5-2-1-3-5/h5H,1-4H2,(H2,8,10)(H,9,11). The number of rotatable bonds is 3. The van der Waals surface area contributed by atoms with Crippen molar-refractivity contribution < 1.29 is 4.42 Å². The molecule has 1 aliphatic rings. The van der Waals surface area contributed by atoms with E-state index < -0.39 is 0 Å². The second kappa shape index (κ2) is 3.00. The van der Waals surface area contributed by atoms with E-state index in [1.807, 2.05) is 0 Å². The Balaban J connectivity index is 1.79. The molecule has 0 radical (unpaired) electrons. The Bertz CT molecular complexity index is 256. The summed E-state index contributed by atoms with van der Waals surface area (Å²) in [5, 5.41) is 10.3. The average molecular weight is 168 g/mol. The Morgan fingerprint density at radius 2 is 2.33 bits per heavy atom. The van der Waals surface area contributed by atoms with Crippen molar-refractivity contribution in [3.63, 3.8) is 0 Å². The second-order valence-corrected chi connectivity index (χ2v) is 3.12. The van der Waals surface area contributed by atoms with E-state index in [1.165, 1.54) is 19.3 Å². The van der Waals surface area contributed by atoms with Crippen LogP contribution in [-0.2, 0) is 0 Å². The first-order chi connectivity index (χ1) is 5.84. The lowest BCUT2D eigenvalue weighted by molar-refractivity contribution is 0.331. The molecule has 0 saturated heterocycles. The summed E-state index contributed by atoms with van der Waals surface area (Å²) in [6.07, 6.45) is 3.95. The maximum absolute atomic E-state index is 5.25. The van der Waals surface area contributed by atoms with E-state index in [4.69, 9.17) is 10.2 Å². The Kier molecular flexibility index (Phi) is 1.85. The zero-order valence-electron chi connectivity index (χ0n) is 6.79. The van der Waals surface area contributed by atoms with Gasteiger partial charge in [0.1, 0.15) is 0 Å². The maximum Gasteiger partial charge on any atom is 0.316 e. The molecule has 1 aromatic rings. The van der Waals surface area contributed by atoms with Gasteiger partial charge in [0.25, 0.3) is 0 Å². The van der Waals surface area contributed by atoms with Gasteiger partial charge < -0.3 is 15.5 Å². The van der Waals surface area contributed by atoms with E-state index in [9.17, 15) is 0 Å². The number of hydrogen-bond donors (Lipinski definition) is 2. The molecule has 66 valence electrons. The molecule has 0 atom stereocenters. The van der Waals surface area contributed by atoms with E-state index in [2.05, 4.69) is 15.5 Å². The fraction of sp³-hybridized carbons (Fsp3) is 0.714.